The Morgan fingerprint density at radius 2 is 1.39 bits per heavy atom. The van der Waals surface area contributed by atoms with Crippen molar-refractivity contribution in [3.05, 3.63) is 59.7 Å². The van der Waals surface area contributed by atoms with E-state index in [0.717, 1.165) is 38.8 Å². The van der Waals surface area contributed by atoms with E-state index < -0.39 is 0 Å². The number of hydrogen-bond donors (Lipinski definition) is 2. The number of carbonyl (C=O) groups is 3. The van der Waals surface area contributed by atoms with Crippen LogP contribution >= 0.6 is 0 Å². The lowest BCUT2D eigenvalue weighted by Crippen LogP contribution is -2.32. The molecule has 0 radical (unpaired) electrons. The summed E-state index contributed by atoms with van der Waals surface area (Å²) in [5, 5.41) is 5.50. The van der Waals surface area contributed by atoms with Gasteiger partial charge >= 0.3 is 0 Å². The molecule has 0 spiro atoms. The van der Waals surface area contributed by atoms with Gasteiger partial charge in [0.05, 0.1) is 0 Å². The SMILES string of the molecule is CC(=O)Nc1cccc(NC(=O)c2cccc(C(=O)N3CCCCCC3)c2)c1. The minimum absolute atomic E-state index is 0.0239. The van der Waals surface area contributed by atoms with Crippen LogP contribution in [0.2, 0.25) is 0 Å². The molecule has 2 N–H and O–H groups in total. The highest BCUT2D eigenvalue weighted by atomic mass is 16.2. The second-order valence-electron chi connectivity index (χ2n) is 7.00. The van der Waals surface area contributed by atoms with Crippen LogP contribution in [0.4, 0.5) is 11.4 Å². The molecule has 0 aromatic heterocycles. The third kappa shape index (κ3) is 5.19. The average molecular weight is 379 g/mol. The summed E-state index contributed by atoms with van der Waals surface area (Å²) in [6, 6.07) is 13.7. The first-order valence-corrected chi connectivity index (χ1v) is 9.61. The van der Waals surface area contributed by atoms with Gasteiger partial charge in [-0.15, -0.1) is 0 Å². The van der Waals surface area contributed by atoms with Crippen LogP contribution in [0.15, 0.2) is 48.5 Å². The van der Waals surface area contributed by atoms with Crippen LogP contribution in [0.25, 0.3) is 0 Å². The van der Waals surface area contributed by atoms with Crippen LogP contribution in [0.5, 0.6) is 0 Å². The Balaban J connectivity index is 1.71. The molecule has 0 saturated carbocycles. The molecule has 28 heavy (non-hydrogen) atoms. The number of benzene rings is 2. The lowest BCUT2D eigenvalue weighted by Gasteiger charge is -2.20. The fourth-order valence-corrected chi connectivity index (χ4v) is 3.33. The third-order valence-electron chi connectivity index (χ3n) is 4.71. The maximum atomic E-state index is 12.8. The second-order valence-corrected chi connectivity index (χ2v) is 7.00. The van der Waals surface area contributed by atoms with Gasteiger partial charge in [-0.1, -0.05) is 25.0 Å². The minimum atomic E-state index is -0.300. The Kier molecular flexibility index (Phi) is 6.42. The minimum Gasteiger partial charge on any atom is -0.339 e. The zero-order valence-corrected chi connectivity index (χ0v) is 16.0. The molecule has 2 aromatic carbocycles. The predicted molar refractivity (Wildman–Crippen MR) is 110 cm³/mol. The third-order valence-corrected chi connectivity index (χ3v) is 4.71. The van der Waals surface area contributed by atoms with Crippen LogP contribution in [0.1, 0.15) is 53.3 Å². The van der Waals surface area contributed by atoms with Crippen molar-refractivity contribution < 1.29 is 14.4 Å². The number of carbonyl (C=O) groups excluding carboxylic acids is 3. The first-order valence-electron chi connectivity index (χ1n) is 9.61. The lowest BCUT2D eigenvalue weighted by molar-refractivity contribution is -0.114. The summed E-state index contributed by atoms with van der Waals surface area (Å²) < 4.78 is 0. The Morgan fingerprint density at radius 3 is 2.07 bits per heavy atom. The fraction of sp³-hybridized carbons (Fsp3) is 0.318. The molecule has 1 heterocycles. The quantitative estimate of drug-likeness (QED) is 0.845. The molecule has 0 aliphatic carbocycles. The molecule has 1 saturated heterocycles. The fourth-order valence-electron chi connectivity index (χ4n) is 3.33. The summed E-state index contributed by atoms with van der Waals surface area (Å²) in [6.07, 6.45) is 4.36. The number of hydrogen-bond acceptors (Lipinski definition) is 3. The number of nitrogens with zero attached hydrogens (tertiary/aromatic N) is 1. The standard InChI is InChI=1S/C22H25N3O3/c1-16(26)23-19-10-7-11-20(15-19)24-21(27)17-8-6-9-18(14-17)22(28)25-12-4-2-3-5-13-25/h6-11,14-15H,2-5,12-13H2,1H3,(H,23,26)(H,24,27). The van der Waals surface area contributed by atoms with Crippen LogP contribution in [-0.4, -0.2) is 35.7 Å². The highest BCUT2D eigenvalue weighted by Crippen LogP contribution is 2.18. The second kappa shape index (κ2) is 9.17. The molecule has 146 valence electrons. The van der Waals surface area contributed by atoms with Crippen molar-refractivity contribution in [1.82, 2.24) is 4.90 Å². The number of rotatable bonds is 4. The van der Waals surface area contributed by atoms with Crippen molar-refractivity contribution in [2.45, 2.75) is 32.6 Å². The van der Waals surface area contributed by atoms with Gasteiger partial charge in [0.25, 0.3) is 11.8 Å². The smallest absolute Gasteiger partial charge is 0.255 e. The number of amides is 3. The van der Waals surface area contributed by atoms with E-state index in [1.807, 2.05) is 4.90 Å². The zero-order chi connectivity index (χ0) is 19.9. The van der Waals surface area contributed by atoms with Gasteiger partial charge in [0.1, 0.15) is 0 Å². The first kappa shape index (κ1) is 19.6. The van der Waals surface area contributed by atoms with Gasteiger partial charge in [-0.05, 0) is 49.2 Å². The monoisotopic (exact) mass is 379 g/mol. The maximum Gasteiger partial charge on any atom is 0.255 e. The number of anilines is 2. The molecular formula is C22H25N3O3. The van der Waals surface area contributed by atoms with E-state index in [1.165, 1.54) is 6.92 Å². The first-order chi connectivity index (χ1) is 13.5. The van der Waals surface area contributed by atoms with Crippen molar-refractivity contribution in [3.63, 3.8) is 0 Å². The largest absolute Gasteiger partial charge is 0.339 e. The van der Waals surface area contributed by atoms with Crippen molar-refractivity contribution in [2.75, 3.05) is 23.7 Å². The van der Waals surface area contributed by atoms with E-state index in [0.29, 0.717) is 22.5 Å². The zero-order valence-electron chi connectivity index (χ0n) is 16.0. The molecule has 1 aliphatic heterocycles. The molecule has 0 unspecified atom stereocenters. The van der Waals surface area contributed by atoms with Crippen molar-refractivity contribution in [3.8, 4) is 0 Å². The predicted octanol–water partition coefficient (Wildman–Crippen LogP) is 3.91. The molecular weight excluding hydrogens is 354 g/mol. The normalized spacial score (nSPS) is 14.1. The van der Waals surface area contributed by atoms with Crippen molar-refractivity contribution in [1.29, 1.82) is 0 Å². The Labute approximate surface area is 164 Å². The molecule has 3 rings (SSSR count). The van der Waals surface area contributed by atoms with E-state index in [2.05, 4.69) is 10.6 Å². The Hall–Kier alpha value is -3.15. The molecule has 6 heteroatoms. The molecule has 2 aromatic rings. The summed E-state index contributed by atoms with van der Waals surface area (Å²) in [5.74, 6) is -0.502. The summed E-state index contributed by atoms with van der Waals surface area (Å²) in [4.78, 5) is 38.5. The van der Waals surface area contributed by atoms with Gasteiger partial charge in [-0.3, -0.25) is 14.4 Å². The van der Waals surface area contributed by atoms with Gasteiger partial charge in [0.2, 0.25) is 5.91 Å². The maximum absolute atomic E-state index is 12.8. The van der Waals surface area contributed by atoms with Crippen molar-refractivity contribution in [2.24, 2.45) is 0 Å². The summed E-state index contributed by atoms with van der Waals surface area (Å²) >= 11 is 0. The number of likely N-dealkylation sites (tertiary alicyclic amines) is 1. The van der Waals surface area contributed by atoms with Crippen LogP contribution in [-0.2, 0) is 4.79 Å². The van der Waals surface area contributed by atoms with Gasteiger partial charge < -0.3 is 15.5 Å². The Bertz CT molecular complexity index is 871. The molecule has 1 fully saturated rings. The molecule has 6 nitrogen and oxygen atoms in total. The van der Waals surface area contributed by atoms with Gasteiger partial charge in [0.15, 0.2) is 0 Å². The molecule has 0 atom stereocenters. The lowest BCUT2D eigenvalue weighted by atomic mass is 10.1. The van der Waals surface area contributed by atoms with Crippen molar-refractivity contribution >= 4 is 29.1 Å². The molecule has 0 bridgehead atoms. The summed E-state index contributed by atoms with van der Waals surface area (Å²) in [7, 11) is 0. The highest BCUT2D eigenvalue weighted by Gasteiger charge is 2.18. The van der Waals surface area contributed by atoms with E-state index in [9.17, 15) is 14.4 Å². The van der Waals surface area contributed by atoms with E-state index >= 15 is 0 Å². The van der Waals surface area contributed by atoms with Gasteiger partial charge in [0, 0.05) is 42.5 Å². The van der Waals surface area contributed by atoms with Crippen LogP contribution < -0.4 is 10.6 Å². The summed E-state index contributed by atoms with van der Waals surface area (Å²) in [6.45, 7) is 2.97. The van der Waals surface area contributed by atoms with Gasteiger partial charge in [-0.2, -0.15) is 0 Å². The van der Waals surface area contributed by atoms with Crippen LogP contribution in [0.3, 0.4) is 0 Å². The topological polar surface area (TPSA) is 78.5 Å². The van der Waals surface area contributed by atoms with E-state index in [-0.39, 0.29) is 17.7 Å². The average Bonchev–Trinajstić information content (AvgIpc) is 2.97. The Morgan fingerprint density at radius 1 is 0.786 bits per heavy atom. The van der Waals surface area contributed by atoms with Gasteiger partial charge in [-0.25, -0.2) is 0 Å². The van der Waals surface area contributed by atoms with E-state index in [4.69, 9.17) is 0 Å². The molecule has 3 amide bonds. The summed E-state index contributed by atoms with van der Waals surface area (Å²) in [5.41, 5.74) is 2.13. The van der Waals surface area contributed by atoms with Crippen LogP contribution in [0, 0.1) is 0 Å². The number of nitrogens with one attached hydrogen (secondary N) is 2. The van der Waals surface area contributed by atoms with E-state index in [1.54, 1.807) is 48.5 Å². The molecule has 1 aliphatic rings. The highest BCUT2D eigenvalue weighted by molar-refractivity contribution is 6.06.